The second-order valence-electron chi connectivity index (χ2n) is 3.54. The van der Waals surface area contributed by atoms with E-state index in [4.69, 9.17) is 0 Å². The summed E-state index contributed by atoms with van der Waals surface area (Å²) < 4.78 is 0. The summed E-state index contributed by atoms with van der Waals surface area (Å²) in [7, 11) is 0. The fourth-order valence-electron chi connectivity index (χ4n) is 1.36. The summed E-state index contributed by atoms with van der Waals surface area (Å²) in [4.78, 5) is 0. The van der Waals surface area contributed by atoms with Crippen LogP contribution in [0, 0.1) is 0 Å². The Labute approximate surface area is 79.7 Å². The Morgan fingerprint density at radius 1 is 1.46 bits per heavy atom. The molecule has 0 aliphatic heterocycles. The van der Waals surface area contributed by atoms with Crippen LogP contribution in [0.25, 0.3) is 0 Å². The standard InChI is InChI=1S/C12H16O/c1-4-5-10-6-7-12(13)11(8-10)9(2)3/h4,6-9,13H,1,5H2,2-3H3. The smallest absolute Gasteiger partial charge is 0.119 e. The highest BCUT2D eigenvalue weighted by molar-refractivity contribution is 5.38. The summed E-state index contributed by atoms with van der Waals surface area (Å²) in [6.07, 6.45) is 2.73. The topological polar surface area (TPSA) is 20.2 Å². The molecule has 1 heteroatoms. The Morgan fingerprint density at radius 2 is 2.15 bits per heavy atom. The summed E-state index contributed by atoms with van der Waals surface area (Å²) in [5, 5.41) is 9.55. The van der Waals surface area contributed by atoms with Gasteiger partial charge in [0.05, 0.1) is 0 Å². The van der Waals surface area contributed by atoms with Gasteiger partial charge in [0.25, 0.3) is 0 Å². The molecular weight excluding hydrogens is 160 g/mol. The van der Waals surface area contributed by atoms with Crippen LogP contribution in [0.5, 0.6) is 5.75 Å². The van der Waals surface area contributed by atoms with Gasteiger partial charge < -0.3 is 5.11 Å². The Kier molecular flexibility index (Phi) is 3.13. The SMILES string of the molecule is C=CCc1ccc(O)c(C(C)C)c1. The van der Waals surface area contributed by atoms with Crippen molar-refractivity contribution in [3.63, 3.8) is 0 Å². The number of phenols is 1. The Bertz CT molecular complexity index is 300. The summed E-state index contributed by atoms with van der Waals surface area (Å²) in [6, 6.07) is 5.73. The van der Waals surface area contributed by atoms with Gasteiger partial charge in [-0.15, -0.1) is 6.58 Å². The first kappa shape index (κ1) is 9.85. The van der Waals surface area contributed by atoms with Crippen LogP contribution < -0.4 is 0 Å². The molecular formula is C12H16O. The van der Waals surface area contributed by atoms with E-state index in [1.807, 2.05) is 18.2 Å². The van der Waals surface area contributed by atoms with E-state index in [0.29, 0.717) is 11.7 Å². The van der Waals surface area contributed by atoms with Crippen molar-refractivity contribution in [1.29, 1.82) is 0 Å². The maximum absolute atomic E-state index is 9.55. The normalized spacial score (nSPS) is 10.4. The number of hydrogen-bond acceptors (Lipinski definition) is 1. The average molecular weight is 176 g/mol. The van der Waals surface area contributed by atoms with E-state index < -0.39 is 0 Å². The lowest BCUT2D eigenvalue weighted by molar-refractivity contribution is 0.464. The molecule has 0 aliphatic carbocycles. The van der Waals surface area contributed by atoms with Crippen LogP contribution in [0.4, 0.5) is 0 Å². The molecule has 1 nitrogen and oxygen atoms in total. The Balaban J connectivity index is 3.03. The molecule has 1 rings (SSSR count). The highest BCUT2D eigenvalue weighted by Gasteiger charge is 2.05. The van der Waals surface area contributed by atoms with Crippen molar-refractivity contribution in [2.75, 3.05) is 0 Å². The first-order valence-electron chi connectivity index (χ1n) is 4.58. The number of rotatable bonds is 3. The van der Waals surface area contributed by atoms with Gasteiger partial charge in [0.15, 0.2) is 0 Å². The van der Waals surface area contributed by atoms with Crippen molar-refractivity contribution in [2.45, 2.75) is 26.2 Å². The lowest BCUT2D eigenvalue weighted by Crippen LogP contribution is -1.90. The summed E-state index contributed by atoms with van der Waals surface area (Å²) in [6.45, 7) is 7.84. The second kappa shape index (κ2) is 4.13. The third-order valence-corrected chi connectivity index (χ3v) is 2.09. The lowest BCUT2D eigenvalue weighted by atomic mass is 9.98. The molecule has 0 heterocycles. The number of aromatic hydroxyl groups is 1. The minimum absolute atomic E-state index is 0.366. The van der Waals surface area contributed by atoms with Crippen LogP contribution in [-0.2, 0) is 6.42 Å². The van der Waals surface area contributed by atoms with Crippen LogP contribution in [0.2, 0.25) is 0 Å². The minimum Gasteiger partial charge on any atom is -0.508 e. The molecule has 0 aliphatic rings. The van der Waals surface area contributed by atoms with Gasteiger partial charge in [-0.25, -0.2) is 0 Å². The molecule has 0 unspecified atom stereocenters. The number of allylic oxidation sites excluding steroid dienone is 1. The van der Waals surface area contributed by atoms with Crippen LogP contribution in [0.15, 0.2) is 30.9 Å². The quantitative estimate of drug-likeness (QED) is 0.701. The van der Waals surface area contributed by atoms with Crippen LogP contribution in [0.3, 0.4) is 0 Å². The van der Waals surface area contributed by atoms with Gasteiger partial charge in [0.1, 0.15) is 5.75 Å². The molecule has 13 heavy (non-hydrogen) atoms. The molecule has 1 N–H and O–H groups in total. The van der Waals surface area contributed by atoms with E-state index in [-0.39, 0.29) is 0 Å². The molecule has 0 saturated carbocycles. The fourth-order valence-corrected chi connectivity index (χ4v) is 1.36. The summed E-state index contributed by atoms with van der Waals surface area (Å²) in [5.41, 5.74) is 2.22. The van der Waals surface area contributed by atoms with Gasteiger partial charge >= 0.3 is 0 Å². The zero-order valence-corrected chi connectivity index (χ0v) is 8.25. The number of hydrogen-bond donors (Lipinski definition) is 1. The van der Waals surface area contributed by atoms with Gasteiger partial charge in [-0.1, -0.05) is 32.1 Å². The zero-order valence-electron chi connectivity index (χ0n) is 8.25. The zero-order chi connectivity index (χ0) is 9.84. The summed E-state index contributed by atoms with van der Waals surface area (Å²) in [5.74, 6) is 0.757. The maximum Gasteiger partial charge on any atom is 0.119 e. The van der Waals surface area contributed by atoms with E-state index in [1.165, 1.54) is 5.56 Å². The second-order valence-corrected chi connectivity index (χ2v) is 3.54. The fraction of sp³-hybridized carbons (Fsp3) is 0.333. The van der Waals surface area contributed by atoms with Crippen molar-refractivity contribution in [3.8, 4) is 5.75 Å². The van der Waals surface area contributed by atoms with Crippen molar-refractivity contribution < 1.29 is 5.11 Å². The van der Waals surface area contributed by atoms with Crippen molar-refractivity contribution in [1.82, 2.24) is 0 Å². The molecule has 0 aromatic heterocycles. The van der Waals surface area contributed by atoms with Gasteiger partial charge in [-0.2, -0.15) is 0 Å². The third kappa shape index (κ3) is 2.35. The van der Waals surface area contributed by atoms with Crippen molar-refractivity contribution >= 4 is 0 Å². The van der Waals surface area contributed by atoms with Gasteiger partial charge in [0, 0.05) is 0 Å². The maximum atomic E-state index is 9.55. The molecule has 0 fully saturated rings. The van der Waals surface area contributed by atoms with Crippen molar-refractivity contribution in [2.24, 2.45) is 0 Å². The van der Waals surface area contributed by atoms with Gasteiger partial charge in [0.2, 0.25) is 0 Å². The number of phenolic OH excluding ortho intramolecular Hbond substituents is 1. The lowest BCUT2D eigenvalue weighted by Gasteiger charge is -2.09. The molecule has 0 saturated heterocycles. The summed E-state index contributed by atoms with van der Waals surface area (Å²) >= 11 is 0. The van der Waals surface area contributed by atoms with Crippen molar-refractivity contribution in [3.05, 3.63) is 42.0 Å². The average Bonchev–Trinajstić information content (AvgIpc) is 2.08. The van der Waals surface area contributed by atoms with Crippen LogP contribution in [-0.4, -0.2) is 5.11 Å². The number of benzene rings is 1. The monoisotopic (exact) mass is 176 g/mol. The largest absolute Gasteiger partial charge is 0.508 e. The third-order valence-electron chi connectivity index (χ3n) is 2.09. The van der Waals surface area contributed by atoms with E-state index in [0.717, 1.165) is 12.0 Å². The Hall–Kier alpha value is -1.24. The molecule has 70 valence electrons. The first-order chi connectivity index (χ1) is 6.15. The highest BCUT2D eigenvalue weighted by atomic mass is 16.3. The Morgan fingerprint density at radius 3 is 2.69 bits per heavy atom. The molecule has 0 amide bonds. The first-order valence-corrected chi connectivity index (χ1v) is 4.58. The van der Waals surface area contributed by atoms with E-state index in [1.54, 1.807) is 6.07 Å². The molecule has 0 atom stereocenters. The van der Waals surface area contributed by atoms with E-state index in [2.05, 4.69) is 20.4 Å². The predicted octanol–water partition coefficient (Wildman–Crippen LogP) is 3.24. The molecule has 0 radical (unpaired) electrons. The van der Waals surface area contributed by atoms with E-state index in [9.17, 15) is 5.11 Å². The van der Waals surface area contributed by atoms with Gasteiger partial charge in [-0.3, -0.25) is 0 Å². The minimum atomic E-state index is 0.366. The molecule has 0 bridgehead atoms. The molecule has 1 aromatic carbocycles. The van der Waals surface area contributed by atoms with Crippen LogP contribution >= 0.6 is 0 Å². The van der Waals surface area contributed by atoms with E-state index >= 15 is 0 Å². The van der Waals surface area contributed by atoms with Crippen LogP contribution in [0.1, 0.15) is 30.9 Å². The molecule has 0 spiro atoms. The highest BCUT2D eigenvalue weighted by Crippen LogP contribution is 2.26. The predicted molar refractivity (Wildman–Crippen MR) is 56.1 cm³/mol. The van der Waals surface area contributed by atoms with Gasteiger partial charge in [-0.05, 0) is 29.5 Å². The molecule has 1 aromatic rings.